The van der Waals surface area contributed by atoms with Crippen molar-refractivity contribution in [3.05, 3.63) is 52.6 Å². The molecule has 1 fully saturated rings. The molecule has 0 unspecified atom stereocenters. The van der Waals surface area contributed by atoms with Gasteiger partial charge in [-0.2, -0.15) is 10.5 Å². The van der Waals surface area contributed by atoms with Gasteiger partial charge in [0.05, 0.1) is 17.7 Å². The normalized spacial score (nSPS) is 19.3. The van der Waals surface area contributed by atoms with Crippen molar-refractivity contribution in [1.29, 1.82) is 10.5 Å². The standard InChI is InChI=1S/C22H23FN6OS/c1-2-14-15(10-24)21(29-9-8-18(26)17(23)12-29)28-22(16(14)11-25)31-19(20(27)30)13-6-4-3-5-7-13/h3-7,17-19H,2,8-9,12,26H2,1H3,(H2,27,30)/t17-,18+,19-/m1/s1. The molecule has 1 aliphatic rings. The van der Waals surface area contributed by atoms with Crippen molar-refractivity contribution in [3.63, 3.8) is 0 Å². The average molecular weight is 439 g/mol. The van der Waals surface area contributed by atoms with Gasteiger partial charge in [0.1, 0.15) is 34.4 Å². The third kappa shape index (κ3) is 4.63. The van der Waals surface area contributed by atoms with Crippen LogP contribution in [0.15, 0.2) is 35.4 Å². The van der Waals surface area contributed by atoms with Crippen molar-refractivity contribution in [2.75, 3.05) is 18.0 Å². The molecular weight excluding hydrogens is 415 g/mol. The number of nitrogens with zero attached hydrogens (tertiary/aromatic N) is 4. The van der Waals surface area contributed by atoms with E-state index in [-0.39, 0.29) is 17.7 Å². The zero-order chi connectivity index (χ0) is 22.5. The first-order valence-corrected chi connectivity index (χ1v) is 10.8. The highest BCUT2D eigenvalue weighted by Crippen LogP contribution is 2.39. The predicted octanol–water partition coefficient (Wildman–Crippen LogP) is 2.58. The molecule has 1 aromatic heterocycles. The summed E-state index contributed by atoms with van der Waals surface area (Å²) in [7, 11) is 0. The van der Waals surface area contributed by atoms with Gasteiger partial charge in [0.15, 0.2) is 0 Å². The first kappa shape index (κ1) is 22.5. The lowest BCUT2D eigenvalue weighted by atomic mass is 9.99. The number of amides is 1. The largest absolute Gasteiger partial charge is 0.368 e. The van der Waals surface area contributed by atoms with Crippen LogP contribution in [-0.2, 0) is 11.2 Å². The number of rotatable bonds is 6. The van der Waals surface area contributed by atoms with Gasteiger partial charge in [-0.05, 0) is 24.0 Å². The molecule has 2 heterocycles. The second kappa shape index (κ2) is 9.78. The monoisotopic (exact) mass is 438 g/mol. The second-order valence-electron chi connectivity index (χ2n) is 7.27. The van der Waals surface area contributed by atoms with Gasteiger partial charge in [0, 0.05) is 12.6 Å². The molecule has 0 aliphatic carbocycles. The van der Waals surface area contributed by atoms with E-state index in [2.05, 4.69) is 17.1 Å². The number of alkyl halides is 1. The summed E-state index contributed by atoms with van der Waals surface area (Å²) in [4.78, 5) is 18.5. The van der Waals surface area contributed by atoms with Gasteiger partial charge in [-0.3, -0.25) is 4.79 Å². The SMILES string of the molecule is CCc1c(C#N)c(S[C@@H](C(N)=O)c2ccccc2)nc(N2CC[C@H](N)[C@H](F)C2)c1C#N. The summed E-state index contributed by atoms with van der Waals surface area (Å²) >= 11 is 1.07. The molecule has 3 rings (SSSR count). The van der Waals surface area contributed by atoms with Crippen molar-refractivity contribution < 1.29 is 9.18 Å². The first-order chi connectivity index (χ1) is 14.9. The summed E-state index contributed by atoms with van der Waals surface area (Å²) < 4.78 is 14.3. The number of primary amides is 1. The quantitative estimate of drug-likeness (QED) is 0.662. The van der Waals surface area contributed by atoms with E-state index >= 15 is 0 Å². The maximum absolute atomic E-state index is 14.3. The molecular formula is C22H23FN6OS. The van der Waals surface area contributed by atoms with Gasteiger partial charge >= 0.3 is 0 Å². The van der Waals surface area contributed by atoms with Gasteiger partial charge in [-0.1, -0.05) is 49.0 Å². The molecule has 0 bridgehead atoms. The van der Waals surface area contributed by atoms with Crippen LogP contribution >= 0.6 is 11.8 Å². The Kier molecular flexibility index (Phi) is 7.11. The molecule has 9 heteroatoms. The molecule has 2 aromatic rings. The Bertz CT molecular complexity index is 1050. The number of benzene rings is 1. The summed E-state index contributed by atoms with van der Waals surface area (Å²) in [5, 5.41) is 19.2. The highest BCUT2D eigenvalue weighted by atomic mass is 32.2. The number of halogens is 1. The van der Waals surface area contributed by atoms with E-state index in [4.69, 9.17) is 11.5 Å². The van der Waals surface area contributed by atoms with Gasteiger partial charge in [-0.25, -0.2) is 9.37 Å². The van der Waals surface area contributed by atoms with E-state index in [0.29, 0.717) is 41.4 Å². The van der Waals surface area contributed by atoms with Crippen LogP contribution in [-0.4, -0.2) is 36.2 Å². The van der Waals surface area contributed by atoms with Crippen LogP contribution in [0.25, 0.3) is 0 Å². The maximum Gasteiger partial charge on any atom is 0.235 e. The number of nitriles is 2. The molecule has 1 amide bonds. The van der Waals surface area contributed by atoms with Crippen molar-refractivity contribution in [2.24, 2.45) is 11.5 Å². The highest BCUT2D eigenvalue weighted by molar-refractivity contribution is 8.00. The number of piperidine rings is 1. The number of anilines is 1. The first-order valence-electron chi connectivity index (χ1n) is 9.93. The smallest absolute Gasteiger partial charge is 0.235 e. The predicted molar refractivity (Wildman–Crippen MR) is 117 cm³/mol. The van der Waals surface area contributed by atoms with E-state index in [9.17, 15) is 19.7 Å². The lowest BCUT2D eigenvalue weighted by molar-refractivity contribution is -0.117. The molecule has 3 atom stereocenters. The molecule has 0 radical (unpaired) electrons. The van der Waals surface area contributed by atoms with Gasteiger partial charge in [0.25, 0.3) is 0 Å². The van der Waals surface area contributed by atoms with E-state index in [1.165, 1.54) is 0 Å². The van der Waals surface area contributed by atoms with E-state index in [1.807, 2.05) is 13.0 Å². The van der Waals surface area contributed by atoms with E-state index in [1.54, 1.807) is 29.2 Å². The summed E-state index contributed by atoms with van der Waals surface area (Å²) in [6.07, 6.45) is -0.416. The van der Waals surface area contributed by atoms with Crippen LogP contribution in [0.5, 0.6) is 0 Å². The Morgan fingerprint density at radius 2 is 2.00 bits per heavy atom. The van der Waals surface area contributed by atoms with Crippen LogP contribution in [0, 0.1) is 22.7 Å². The van der Waals surface area contributed by atoms with Crippen LogP contribution in [0.4, 0.5) is 10.2 Å². The molecule has 1 saturated heterocycles. The fourth-order valence-electron chi connectivity index (χ4n) is 3.64. The van der Waals surface area contributed by atoms with Crippen LogP contribution in [0.3, 0.4) is 0 Å². The molecule has 160 valence electrons. The Morgan fingerprint density at radius 3 is 2.55 bits per heavy atom. The molecule has 4 N–H and O–H groups in total. The molecule has 1 aromatic carbocycles. The molecule has 7 nitrogen and oxygen atoms in total. The second-order valence-corrected chi connectivity index (χ2v) is 8.37. The van der Waals surface area contributed by atoms with Gasteiger partial charge in [0.2, 0.25) is 5.91 Å². The Labute approximate surface area is 184 Å². The van der Waals surface area contributed by atoms with Crippen LogP contribution < -0.4 is 16.4 Å². The number of aromatic nitrogens is 1. The van der Waals surface area contributed by atoms with Crippen LogP contribution in [0.1, 0.15) is 40.8 Å². The number of hydrogen-bond donors (Lipinski definition) is 2. The van der Waals surface area contributed by atoms with Crippen molar-refractivity contribution in [2.45, 2.75) is 42.3 Å². The Hall–Kier alpha value is -3.14. The summed E-state index contributed by atoms with van der Waals surface area (Å²) in [6.45, 7) is 2.29. The van der Waals surface area contributed by atoms with Crippen LogP contribution in [0.2, 0.25) is 0 Å². The number of nitrogens with two attached hydrogens (primary N) is 2. The maximum atomic E-state index is 14.3. The third-order valence-corrected chi connectivity index (χ3v) is 6.57. The summed E-state index contributed by atoms with van der Waals surface area (Å²) in [5.41, 5.74) is 13.1. The molecule has 1 aliphatic heterocycles. The summed E-state index contributed by atoms with van der Waals surface area (Å²) in [5.74, 6) is -0.259. The van der Waals surface area contributed by atoms with E-state index < -0.39 is 23.4 Å². The zero-order valence-corrected chi connectivity index (χ0v) is 17.9. The highest BCUT2D eigenvalue weighted by Gasteiger charge is 2.31. The molecule has 31 heavy (non-hydrogen) atoms. The fourth-order valence-corrected chi connectivity index (χ4v) is 4.70. The number of carbonyl (C=O) groups is 1. The van der Waals surface area contributed by atoms with E-state index in [0.717, 1.165) is 11.8 Å². The minimum Gasteiger partial charge on any atom is -0.368 e. The lowest BCUT2D eigenvalue weighted by Gasteiger charge is -2.34. The minimum atomic E-state index is -1.25. The topological polar surface area (TPSA) is 133 Å². The van der Waals surface area contributed by atoms with Gasteiger partial charge in [-0.15, -0.1) is 0 Å². The number of thioether (sulfide) groups is 1. The average Bonchev–Trinajstić information content (AvgIpc) is 2.78. The Balaban J connectivity index is 2.12. The number of carbonyl (C=O) groups excluding carboxylic acids is 1. The van der Waals surface area contributed by atoms with Crippen molar-refractivity contribution in [3.8, 4) is 12.1 Å². The number of hydrogen-bond acceptors (Lipinski definition) is 7. The number of pyridine rings is 1. The Morgan fingerprint density at radius 1 is 1.32 bits per heavy atom. The molecule has 0 saturated carbocycles. The van der Waals surface area contributed by atoms with Crippen molar-refractivity contribution in [1.82, 2.24) is 4.98 Å². The zero-order valence-electron chi connectivity index (χ0n) is 17.1. The minimum absolute atomic E-state index is 0.0138. The van der Waals surface area contributed by atoms with Crippen molar-refractivity contribution >= 4 is 23.5 Å². The fraction of sp³-hybridized carbons (Fsp3) is 0.364. The van der Waals surface area contributed by atoms with Gasteiger partial charge < -0.3 is 16.4 Å². The molecule has 0 spiro atoms. The third-order valence-electron chi connectivity index (χ3n) is 5.31. The lowest BCUT2D eigenvalue weighted by Crippen LogP contribution is -2.49. The summed E-state index contributed by atoms with van der Waals surface area (Å²) in [6, 6.07) is 12.7.